The van der Waals surface area contributed by atoms with Crippen molar-refractivity contribution >= 4 is 49.1 Å². The van der Waals surface area contributed by atoms with Crippen LogP contribution in [0.4, 0.5) is 0 Å². The van der Waals surface area contributed by atoms with Gasteiger partial charge < -0.3 is 0 Å². The Kier molecular flexibility index (Phi) is 11.2. The van der Waals surface area contributed by atoms with Gasteiger partial charge in [-0.05, 0) is 0 Å². The third-order valence-corrected chi connectivity index (χ3v) is 2.05. The van der Waals surface area contributed by atoms with E-state index in [1.54, 1.807) is 0 Å². The number of benzene rings is 1. The van der Waals surface area contributed by atoms with Crippen LogP contribution in [0.1, 0.15) is 5.56 Å². The molecule has 0 spiro atoms. The van der Waals surface area contributed by atoms with Crippen LogP contribution < -0.4 is 4.46 Å². The number of hydrogen-bond donors (Lipinski definition) is 0. The first-order chi connectivity index (χ1) is 5.22. The molecule has 0 N–H and O–H groups in total. The Morgan fingerprint density at radius 2 is 1.73 bits per heavy atom. The second kappa shape index (κ2) is 9.11. The fraction of sp³-hybridized carbons (Fsp3) is 0.143. The zero-order valence-electron chi connectivity index (χ0n) is 5.88. The Morgan fingerprint density at radius 3 is 2.00 bits per heavy atom. The first-order valence-corrected chi connectivity index (χ1v) is 18.7. The Labute approximate surface area is 108 Å². The zero-order valence-corrected chi connectivity index (χ0v) is 14.5. The molecule has 0 aromatic heterocycles. The fourth-order valence-corrected chi connectivity index (χ4v) is 0.864. The maximum atomic E-state index is 2.97. The second-order valence-electron chi connectivity index (χ2n) is 1.82. The quantitative estimate of drug-likeness (QED) is 0.331. The van der Waals surface area contributed by atoms with E-state index in [1.165, 1.54) is 10.0 Å². The van der Waals surface area contributed by atoms with Gasteiger partial charge in [0.15, 0.2) is 0 Å². The van der Waals surface area contributed by atoms with E-state index in [-0.39, 0.29) is 25.5 Å². The minimum atomic E-state index is 0.190. The third kappa shape index (κ3) is 7.60. The number of aryl methyl sites for hydroxylation is 1. The Bertz CT molecular complexity index is 184. The van der Waals surface area contributed by atoms with Crippen molar-refractivity contribution in [3.8, 4) is 0 Å². The molecule has 0 nitrogen and oxygen atoms in total. The standard InChI is InChI=1S/C7H7Se.2HI.Sm/c1-6-4-2-3-5-7(6)8;;;/h2-5H,1H3;2*1H;/q;;;+2/p-2. The maximum absolute atomic E-state index is 2.97. The fourth-order valence-electron chi connectivity index (χ4n) is 0.556. The molecule has 1 aromatic carbocycles. The Hall–Kier alpha value is 2.54. The molecule has 0 saturated heterocycles. The van der Waals surface area contributed by atoms with Crippen molar-refractivity contribution in [2.24, 2.45) is 0 Å². The molecular weight excluding hydrogens is 567 g/mol. The van der Waals surface area contributed by atoms with Crippen molar-refractivity contribution in [3.63, 3.8) is 0 Å². The van der Waals surface area contributed by atoms with Gasteiger partial charge in [-0.1, -0.05) is 0 Å². The van der Waals surface area contributed by atoms with Crippen molar-refractivity contribution < 1.29 is 25.5 Å². The summed E-state index contributed by atoms with van der Waals surface area (Å²) >= 11 is 8.04. The van der Waals surface area contributed by atoms with Gasteiger partial charge in [0.2, 0.25) is 0 Å². The Balaban J connectivity index is 0.000000292. The van der Waals surface area contributed by atoms with Gasteiger partial charge in [-0.15, -0.1) is 0 Å². The summed E-state index contributed by atoms with van der Waals surface area (Å²) in [7, 11) is 0. The molecular formula is C7H7I2SeSm. The first-order valence-electron chi connectivity index (χ1n) is 2.84. The summed E-state index contributed by atoms with van der Waals surface area (Å²) in [5.41, 5.74) is 1.31. The van der Waals surface area contributed by atoms with Gasteiger partial charge in [0, 0.05) is 0 Å². The van der Waals surface area contributed by atoms with Crippen LogP contribution in [-0.2, 0) is 0 Å². The average molecular weight is 574 g/mol. The molecule has 0 aliphatic heterocycles. The average Bonchev–Trinajstić information content (AvgIpc) is 1.97. The van der Waals surface area contributed by atoms with Gasteiger partial charge in [0.1, 0.15) is 0 Å². The summed E-state index contributed by atoms with van der Waals surface area (Å²) in [5.74, 6) is 0. The minimum absolute atomic E-state index is 0.190. The molecule has 0 atom stereocenters. The van der Waals surface area contributed by atoms with Crippen LogP contribution in [-0.4, -0.2) is 16.0 Å². The number of hydrogen-bond acceptors (Lipinski definition) is 0. The van der Waals surface area contributed by atoms with Crippen molar-refractivity contribution in [1.82, 2.24) is 0 Å². The molecule has 0 aliphatic rings. The monoisotopic (exact) mass is 577 g/mol. The molecule has 0 amide bonds. The van der Waals surface area contributed by atoms with Crippen LogP contribution in [0.2, 0.25) is 0 Å². The van der Waals surface area contributed by atoms with Crippen molar-refractivity contribution in [3.05, 3.63) is 29.8 Å². The summed E-state index contributed by atoms with van der Waals surface area (Å²) in [6.45, 7) is 2.09. The van der Waals surface area contributed by atoms with Crippen LogP contribution in [0.15, 0.2) is 24.3 Å². The van der Waals surface area contributed by atoms with E-state index in [9.17, 15) is 0 Å². The normalized spacial score (nSPS) is 8.27. The molecule has 4 heteroatoms. The van der Waals surface area contributed by atoms with Crippen LogP contribution in [0, 0.1) is 32.4 Å². The predicted molar refractivity (Wildman–Crippen MR) is 64.6 cm³/mol. The van der Waals surface area contributed by atoms with Crippen LogP contribution >= 0.6 is 28.6 Å². The summed E-state index contributed by atoms with van der Waals surface area (Å²) in [6.07, 6.45) is 0. The van der Waals surface area contributed by atoms with Crippen LogP contribution in [0.25, 0.3) is 0 Å². The molecule has 0 aliphatic carbocycles. The van der Waals surface area contributed by atoms with Crippen molar-refractivity contribution in [2.45, 2.75) is 6.92 Å². The molecule has 0 unspecified atom stereocenters. The van der Waals surface area contributed by atoms with Gasteiger partial charge in [-0.25, -0.2) is 0 Å². The summed E-state index contributed by atoms with van der Waals surface area (Å²) in [6, 6.07) is 8.22. The van der Waals surface area contributed by atoms with Crippen LogP contribution in [0.3, 0.4) is 0 Å². The van der Waals surface area contributed by atoms with Gasteiger partial charge in [-0.3, -0.25) is 0 Å². The van der Waals surface area contributed by atoms with Gasteiger partial charge >= 0.3 is 111 Å². The number of halogens is 2. The molecule has 61 valence electrons. The van der Waals surface area contributed by atoms with Gasteiger partial charge in [-0.2, -0.15) is 0 Å². The zero-order chi connectivity index (χ0) is 8.69. The van der Waals surface area contributed by atoms with E-state index in [2.05, 4.69) is 63.6 Å². The van der Waals surface area contributed by atoms with Crippen molar-refractivity contribution in [2.75, 3.05) is 0 Å². The molecule has 0 saturated carbocycles. The summed E-state index contributed by atoms with van der Waals surface area (Å²) < 4.78 is 1.24. The third-order valence-electron chi connectivity index (χ3n) is 1.09. The van der Waals surface area contributed by atoms with E-state index < -0.39 is 0 Å². The van der Waals surface area contributed by atoms with E-state index in [0.29, 0.717) is 0 Å². The number of rotatable bonds is 0. The van der Waals surface area contributed by atoms with Gasteiger partial charge in [0.05, 0.1) is 0 Å². The second-order valence-corrected chi connectivity index (χ2v) is 22.2. The predicted octanol–water partition coefficient (Wildman–Crippen LogP) is 2.56. The molecule has 0 fully saturated rings. The molecule has 1 aromatic rings. The summed E-state index contributed by atoms with van der Waals surface area (Å²) in [4.78, 5) is 0. The SMILES string of the molecule is Cc1ccccc1[Se].[I][Sm][I]. The molecule has 0 bridgehead atoms. The first kappa shape index (κ1) is 13.5. The molecule has 11 heavy (non-hydrogen) atoms. The summed E-state index contributed by atoms with van der Waals surface area (Å²) in [5, 5.41) is 0. The molecule has 1 rings (SSSR count). The van der Waals surface area contributed by atoms with Crippen LogP contribution in [0.5, 0.6) is 0 Å². The van der Waals surface area contributed by atoms with E-state index in [4.69, 9.17) is 0 Å². The van der Waals surface area contributed by atoms with E-state index in [1.807, 2.05) is 12.1 Å². The molecule has 0 heterocycles. The van der Waals surface area contributed by atoms with Gasteiger partial charge in [0.25, 0.3) is 0 Å². The molecule has 1 radical (unpaired) electrons. The van der Waals surface area contributed by atoms with Crippen molar-refractivity contribution in [1.29, 1.82) is 0 Å². The Morgan fingerprint density at radius 1 is 1.27 bits per heavy atom. The van der Waals surface area contributed by atoms with E-state index in [0.717, 1.165) is 0 Å². The topological polar surface area (TPSA) is 0 Å². The van der Waals surface area contributed by atoms with E-state index >= 15 is 0 Å².